The summed E-state index contributed by atoms with van der Waals surface area (Å²) in [6, 6.07) is 21.8. The largest absolute Gasteiger partial charge is 0.504 e. The zero-order chi connectivity index (χ0) is 22.3. The van der Waals surface area contributed by atoms with Crippen LogP contribution in [-0.2, 0) is 14.4 Å². The molecule has 0 fully saturated rings. The lowest BCUT2D eigenvalue weighted by molar-refractivity contribution is -0.526. The summed E-state index contributed by atoms with van der Waals surface area (Å²) in [5, 5.41) is 12.0. The fourth-order valence-corrected chi connectivity index (χ4v) is 2.48. The maximum atomic E-state index is 12.9. The first-order chi connectivity index (χ1) is 14.9. The minimum Gasteiger partial charge on any atom is -0.420 e. The van der Waals surface area contributed by atoms with Crippen molar-refractivity contribution in [2.45, 2.75) is 5.54 Å². The zero-order valence-electron chi connectivity index (χ0n) is 15.9. The number of nitrogens with zero attached hydrogens (tertiary/aromatic N) is 1. The van der Waals surface area contributed by atoms with Gasteiger partial charge in [-0.3, -0.25) is 10.1 Å². The maximum absolute atomic E-state index is 12.9. The number of rotatable bonds is 7. The maximum Gasteiger partial charge on any atom is 0.504 e. The first-order valence-electron chi connectivity index (χ1n) is 8.91. The molecule has 0 atom stereocenters. The second-order valence-corrected chi connectivity index (χ2v) is 6.08. The van der Waals surface area contributed by atoms with Crippen molar-refractivity contribution in [3.05, 3.63) is 101 Å². The number of ether oxygens (including phenoxy) is 3. The summed E-state index contributed by atoms with van der Waals surface area (Å²) in [5.41, 5.74) is -3.62. The van der Waals surface area contributed by atoms with Gasteiger partial charge >= 0.3 is 23.4 Å². The number of nitro groups is 1. The Morgan fingerprint density at radius 3 is 1.06 bits per heavy atom. The van der Waals surface area contributed by atoms with E-state index in [9.17, 15) is 24.5 Å². The SMILES string of the molecule is O=C(Oc1ccccc1)C(C(=O)Oc1ccccc1)(C(=O)Oc1ccccc1)[N+](=O)[O-]. The van der Waals surface area contributed by atoms with E-state index < -0.39 is 28.4 Å². The van der Waals surface area contributed by atoms with E-state index in [0.717, 1.165) is 0 Å². The summed E-state index contributed by atoms with van der Waals surface area (Å²) in [6.07, 6.45) is 0. The first kappa shape index (κ1) is 21.2. The van der Waals surface area contributed by atoms with E-state index >= 15 is 0 Å². The van der Waals surface area contributed by atoms with E-state index in [4.69, 9.17) is 14.2 Å². The van der Waals surface area contributed by atoms with Crippen LogP contribution >= 0.6 is 0 Å². The van der Waals surface area contributed by atoms with Crippen molar-refractivity contribution < 1.29 is 33.5 Å². The Morgan fingerprint density at radius 1 is 0.581 bits per heavy atom. The molecule has 3 aromatic rings. The second-order valence-electron chi connectivity index (χ2n) is 6.08. The van der Waals surface area contributed by atoms with Gasteiger partial charge in [0.2, 0.25) is 0 Å². The third-order valence-corrected chi connectivity index (χ3v) is 4.02. The molecule has 0 aliphatic carbocycles. The van der Waals surface area contributed by atoms with E-state index in [-0.39, 0.29) is 17.2 Å². The van der Waals surface area contributed by atoms with Crippen LogP contribution in [0.15, 0.2) is 91.0 Å². The number of hydrogen-bond acceptors (Lipinski definition) is 8. The Labute approximate surface area is 175 Å². The molecule has 0 aliphatic rings. The van der Waals surface area contributed by atoms with Gasteiger partial charge in [0, 0.05) is 0 Å². The highest BCUT2D eigenvalue weighted by atomic mass is 16.7. The molecule has 0 spiro atoms. The second kappa shape index (κ2) is 9.31. The van der Waals surface area contributed by atoms with Gasteiger partial charge < -0.3 is 14.2 Å². The van der Waals surface area contributed by atoms with Crippen molar-refractivity contribution in [3.63, 3.8) is 0 Å². The van der Waals surface area contributed by atoms with Crippen molar-refractivity contribution in [2.24, 2.45) is 0 Å². The van der Waals surface area contributed by atoms with Gasteiger partial charge in [0.05, 0.1) is 4.92 Å². The molecule has 0 saturated heterocycles. The van der Waals surface area contributed by atoms with Crippen molar-refractivity contribution in [3.8, 4) is 17.2 Å². The summed E-state index contributed by atoms with van der Waals surface area (Å²) >= 11 is 0. The van der Waals surface area contributed by atoms with Gasteiger partial charge in [0.15, 0.2) is 0 Å². The van der Waals surface area contributed by atoms with Gasteiger partial charge in [-0.05, 0) is 36.4 Å². The standard InChI is InChI=1S/C22H15NO8/c24-19(29-16-10-4-1-5-11-16)22(23(27)28,20(25)30-17-12-6-2-7-13-17)21(26)31-18-14-8-3-9-15-18/h1-15H. The highest BCUT2D eigenvalue weighted by Crippen LogP contribution is 2.24. The van der Waals surface area contributed by atoms with Crippen LogP contribution in [0.2, 0.25) is 0 Å². The van der Waals surface area contributed by atoms with Crippen molar-refractivity contribution >= 4 is 17.9 Å². The summed E-state index contributed by atoms with van der Waals surface area (Å²) in [4.78, 5) is 49.3. The number of hydrogen-bond donors (Lipinski definition) is 0. The molecule has 9 heteroatoms. The number of carbonyl (C=O) groups excluding carboxylic acids is 3. The molecule has 0 amide bonds. The molecule has 0 radical (unpaired) electrons. The fourth-order valence-electron chi connectivity index (χ4n) is 2.48. The highest BCUT2D eigenvalue weighted by molar-refractivity contribution is 6.22. The Bertz CT molecular complexity index is 954. The predicted molar refractivity (Wildman–Crippen MR) is 106 cm³/mol. The third-order valence-electron chi connectivity index (χ3n) is 4.02. The smallest absolute Gasteiger partial charge is 0.420 e. The Kier molecular flexibility index (Phi) is 6.36. The summed E-state index contributed by atoms with van der Waals surface area (Å²) in [7, 11) is 0. The van der Waals surface area contributed by atoms with E-state index in [1.165, 1.54) is 72.8 Å². The lowest BCUT2D eigenvalue weighted by Crippen LogP contribution is -2.64. The van der Waals surface area contributed by atoms with Crippen LogP contribution in [0, 0.1) is 10.1 Å². The van der Waals surface area contributed by atoms with Gasteiger partial charge in [-0.2, -0.15) is 0 Å². The monoisotopic (exact) mass is 421 g/mol. The van der Waals surface area contributed by atoms with Gasteiger partial charge in [-0.15, -0.1) is 0 Å². The highest BCUT2D eigenvalue weighted by Gasteiger charge is 2.71. The summed E-state index contributed by atoms with van der Waals surface area (Å²) in [6.45, 7) is 0. The third kappa shape index (κ3) is 4.56. The number of para-hydroxylation sites is 3. The molecule has 0 bridgehead atoms. The average molecular weight is 421 g/mol. The number of esters is 3. The molecular weight excluding hydrogens is 406 g/mol. The number of benzene rings is 3. The molecule has 0 N–H and O–H groups in total. The topological polar surface area (TPSA) is 122 Å². The van der Waals surface area contributed by atoms with Crippen LogP contribution in [0.5, 0.6) is 17.2 Å². The van der Waals surface area contributed by atoms with Crippen LogP contribution < -0.4 is 14.2 Å². The lowest BCUT2D eigenvalue weighted by atomic mass is 10.0. The number of carbonyl (C=O) groups is 3. The quantitative estimate of drug-likeness (QED) is 0.188. The minimum absolute atomic E-state index is 0.112. The van der Waals surface area contributed by atoms with E-state index in [1.54, 1.807) is 18.2 Å². The van der Waals surface area contributed by atoms with Crippen LogP contribution in [-0.4, -0.2) is 28.4 Å². The molecule has 3 rings (SSSR count). The van der Waals surface area contributed by atoms with Crippen LogP contribution in [0.4, 0.5) is 0 Å². The molecule has 156 valence electrons. The van der Waals surface area contributed by atoms with Crippen molar-refractivity contribution in [1.82, 2.24) is 0 Å². The first-order valence-corrected chi connectivity index (χ1v) is 8.91. The van der Waals surface area contributed by atoms with Gasteiger partial charge in [0.25, 0.3) is 0 Å². The summed E-state index contributed by atoms with van der Waals surface area (Å²) in [5.74, 6) is -5.65. The molecule has 0 unspecified atom stereocenters. The lowest BCUT2D eigenvalue weighted by Gasteiger charge is -2.20. The Hall–Kier alpha value is -4.53. The minimum atomic E-state index is -3.62. The Morgan fingerprint density at radius 2 is 0.839 bits per heavy atom. The van der Waals surface area contributed by atoms with Crippen LogP contribution in [0.25, 0.3) is 0 Å². The Balaban J connectivity index is 2.02. The molecule has 3 aromatic carbocycles. The van der Waals surface area contributed by atoms with Crippen molar-refractivity contribution in [2.75, 3.05) is 0 Å². The van der Waals surface area contributed by atoms with Gasteiger partial charge in [-0.1, -0.05) is 54.6 Å². The zero-order valence-corrected chi connectivity index (χ0v) is 15.9. The van der Waals surface area contributed by atoms with Crippen LogP contribution in [0.3, 0.4) is 0 Å². The fraction of sp³-hybridized carbons (Fsp3) is 0.0455. The normalized spacial score (nSPS) is 10.6. The van der Waals surface area contributed by atoms with E-state index in [1.807, 2.05) is 0 Å². The van der Waals surface area contributed by atoms with Gasteiger partial charge in [0.1, 0.15) is 17.2 Å². The van der Waals surface area contributed by atoms with Crippen molar-refractivity contribution in [1.29, 1.82) is 0 Å². The molecule has 0 heterocycles. The summed E-state index contributed by atoms with van der Waals surface area (Å²) < 4.78 is 14.9. The molecular formula is C22H15NO8. The molecule has 0 aromatic heterocycles. The van der Waals surface area contributed by atoms with E-state index in [2.05, 4.69) is 0 Å². The molecule has 0 saturated carbocycles. The van der Waals surface area contributed by atoms with Crippen LogP contribution in [0.1, 0.15) is 0 Å². The van der Waals surface area contributed by atoms with Gasteiger partial charge in [-0.25, -0.2) is 14.4 Å². The van der Waals surface area contributed by atoms with E-state index in [0.29, 0.717) is 0 Å². The molecule has 31 heavy (non-hydrogen) atoms. The molecule has 0 aliphatic heterocycles. The predicted octanol–water partition coefficient (Wildman–Crippen LogP) is 2.82. The molecule has 9 nitrogen and oxygen atoms in total. The average Bonchev–Trinajstić information content (AvgIpc) is 2.76.